The lowest BCUT2D eigenvalue weighted by Crippen LogP contribution is -2.27. The molecule has 6 nitrogen and oxygen atoms in total. The summed E-state index contributed by atoms with van der Waals surface area (Å²) in [5.74, 6) is 0.655. The zero-order valence-electron chi connectivity index (χ0n) is 10.4. The van der Waals surface area contributed by atoms with Crippen LogP contribution in [0, 0.1) is 0 Å². The van der Waals surface area contributed by atoms with Gasteiger partial charge in [-0.15, -0.1) is 0 Å². The Kier molecular flexibility index (Phi) is 3.57. The molecule has 2 rings (SSSR count). The number of hydrogen-bond donors (Lipinski definition) is 1. The van der Waals surface area contributed by atoms with Gasteiger partial charge in [0.2, 0.25) is 0 Å². The first-order valence-electron chi connectivity index (χ1n) is 5.63. The van der Waals surface area contributed by atoms with E-state index in [-0.39, 0.29) is 5.91 Å². The van der Waals surface area contributed by atoms with Crippen LogP contribution in [0.15, 0.2) is 12.1 Å². The van der Waals surface area contributed by atoms with Crippen LogP contribution in [0.2, 0.25) is 0 Å². The number of hydrogen-bond acceptors (Lipinski definition) is 5. The number of ether oxygens (including phenoxy) is 2. The molecule has 1 aromatic carbocycles. The second-order valence-corrected chi connectivity index (χ2v) is 3.88. The molecular weight excluding hydrogens is 236 g/mol. The summed E-state index contributed by atoms with van der Waals surface area (Å²) in [5, 5.41) is 1.31. The molecule has 0 unspecified atom stereocenters. The van der Waals surface area contributed by atoms with Gasteiger partial charge >= 0.3 is 0 Å². The van der Waals surface area contributed by atoms with Crippen LogP contribution in [0.5, 0.6) is 11.5 Å². The molecule has 1 aromatic rings. The van der Waals surface area contributed by atoms with Gasteiger partial charge in [0.1, 0.15) is 11.5 Å². The standard InChI is InChI=1S/C12H16N2O4/c1-16-8-6-9(11(13)10(7-8)17-2)12(15)14-4-3-5-18-14/h6-7H,3-5,13H2,1-2H3. The minimum Gasteiger partial charge on any atom is -0.497 e. The number of carbonyl (C=O) groups excluding carboxylic acids is 1. The third-order valence-corrected chi connectivity index (χ3v) is 2.78. The molecule has 0 aliphatic carbocycles. The highest BCUT2D eigenvalue weighted by atomic mass is 16.7. The molecule has 1 heterocycles. The summed E-state index contributed by atoms with van der Waals surface area (Å²) in [6.45, 7) is 1.12. The number of amides is 1. The van der Waals surface area contributed by atoms with Crippen molar-refractivity contribution in [2.24, 2.45) is 0 Å². The average molecular weight is 252 g/mol. The molecule has 0 aromatic heterocycles. The lowest BCUT2D eigenvalue weighted by molar-refractivity contribution is -0.0767. The Hall–Kier alpha value is -1.95. The Labute approximate surface area is 105 Å². The first kappa shape index (κ1) is 12.5. The first-order valence-corrected chi connectivity index (χ1v) is 5.63. The number of anilines is 1. The maximum atomic E-state index is 12.2. The van der Waals surface area contributed by atoms with Crippen molar-refractivity contribution in [1.82, 2.24) is 5.06 Å². The van der Waals surface area contributed by atoms with Crippen molar-refractivity contribution in [3.05, 3.63) is 17.7 Å². The SMILES string of the molecule is COc1cc(OC)c(N)c(C(=O)N2CCCO2)c1. The number of rotatable bonds is 3. The van der Waals surface area contributed by atoms with Crippen molar-refractivity contribution in [2.45, 2.75) is 6.42 Å². The summed E-state index contributed by atoms with van der Waals surface area (Å²) in [7, 11) is 3.01. The van der Waals surface area contributed by atoms with Crippen LogP contribution in [0.1, 0.15) is 16.8 Å². The lowest BCUT2D eigenvalue weighted by Gasteiger charge is -2.17. The van der Waals surface area contributed by atoms with Crippen molar-refractivity contribution in [3.63, 3.8) is 0 Å². The molecule has 1 aliphatic rings. The van der Waals surface area contributed by atoms with E-state index in [2.05, 4.69) is 0 Å². The summed E-state index contributed by atoms with van der Waals surface area (Å²) < 4.78 is 10.2. The minimum absolute atomic E-state index is 0.276. The molecule has 1 aliphatic heterocycles. The number of nitrogen functional groups attached to an aromatic ring is 1. The van der Waals surface area contributed by atoms with Gasteiger partial charge in [0.15, 0.2) is 0 Å². The number of methoxy groups -OCH3 is 2. The van der Waals surface area contributed by atoms with Gasteiger partial charge in [-0.1, -0.05) is 0 Å². The van der Waals surface area contributed by atoms with Crippen LogP contribution >= 0.6 is 0 Å². The summed E-state index contributed by atoms with van der Waals surface area (Å²) in [4.78, 5) is 17.4. The number of nitrogens with zero attached hydrogens (tertiary/aromatic N) is 1. The predicted molar refractivity (Wildman–Crippen MR) is 65.6 cm³/mol. The monoisotopic (exact) mass is 252 g/mol. The van der Waals surface area contributed by atoms with Crippen molar-refractivity contribution in [2.75, 3.05) is 33.1 Å². The van der Waals surface area contributed by atoms with E-state index in [1.54, 1.807) is 12.1 Å². The second-order valence-electron chi connectivity index (χ2n) is 3.88. The fraction of sp³-hybridized carbons (Fsp3) is 0.417. The fourth-order valence-corrected chi connectivity index (χ4v) is 1.81. The lowest BCUT2D eigenvalue weighted by atomic mass is 10.1. The van der Waals surface area contributed by atoms with Gasteiger partial charge in [-0.25, -0.2) is 5.06 Å². The van der Waals surface area contributed by atoms with Gasteiger partial charge in [-0.2, -0.15) is 0 Å². The molecule has 2 N–H and O–H groups in total. The topological polar surface area (TPSA) is 74.0 Å². The van der Waals surface area contributed by atoms with E-state index in [0.29, 0.717) is 35.9 Å². The molecule has 0 spiro atoms. The van der Waals surface area contributed by atoms with E-state index in [0.717, 1.165) is 6.42 Å². The van der Waals surface area contributed by atoms with Crippen molar-refractivity contribution < 1.29 is 19.1 Å². The summed E-state index contributed by atoms with van der Waals surface area (Å²) in [5.41, 5.74) is 6.52. The van der Waals surface area contributed by atoms with E-state index >= 15 is 0 Å². The van der Waals surface area contributed by atoms with Crippen molar-refractivity contribution in [1.29, 1.82) is 0 Å². The van der Waals surface area contributed by atoms with Crippen LogP contribution in [0.25, 0.3) is 0 Å². The maximum Gasteiger partial charge on any atom is 0.279 e. The van der Waals surface area contributed by atoms with Gasteiger partial charge in [-0.05, 0) is 12.5 Å². The number of benzene rings is 1. The van der Waals surface area contributed by atoms with Gasteiger partial charge in [0.05, 0.1) is 38.6 Å². The van der Waals surface area contributed by atoms with Crippen molar-refractivity contribution >= 4 is 11.6 Å². The van der Waals surface area contributed by atoms with E-state index in [9.17, 15) is 4.79 Å². The highest BCUT2D eigenvalue weighted by Crippen LogP contribution is 2.32. The average Bonchev–Trinajstić information content (AvgIpc) is 2.92. The minimum atomic E-state index is -0.276. The van der Waals surface area contributed by atoms with E-state index < -0.39 is 0 Å². The summed E-state index contributed by atoms with van der Waals surface area (Å²) in [6, 6.07) is 3.22. The predicted octanol–water partition coefficient (Wildman–Crippen LogP) is 1.06. The fourth-order valence-electron chi connectivity index (χ4n) is 1.81. The summed E-state index contributed by atoms with van der Waals surface area (Å²) >= 11 is 0. The van der Waals surface area contributed by atoms with Gasteiger partial charge < -0.3 is 15.2 Å². The molecule has 98 valence electrons. The van der Waals surface area contributed by atoms with Crippen LogP contribution in [-0.2, 0) is 4.84 Å². The summed E-state index contributed by atoms with van der Waals surface area (Å²) in [6.07, 6.45) is 0.826. The largest absolute Gasteiger partial charge is 0.497 e. The van der Waals surface area contributed by atoms with Crippen LogP contribution < -0.4 is 15.2 Å². The molecule has 1 amide bonds. The number of hydroxylamine groups is 2. The number of nitrogens with two attached hydrogens (primary N) is 1. The van der Waals surface area contributed by atoms with Gasteiger partial charge in [0, 0.05) is 6.07 Å². The smallest absolute Gasteiger partial charge is 0.279 e. The molecule has 0 radical (unpaired) electrons. The van der Waals surface area contributed by atoms with E-state index in [4.69, 9.17) is 20.0 Å². The Morgan fingerprint density at radius 3 is 2.72 bits per heavy atom. The Morgan fingerprint density at radius 2 is 2.17 bits per heavy atom. The van der Waals surface area contributed by atoms with Crippen molar-refractivity contribution in [3.8, 4) is 11.5 Å². The third kappa shape index (κ3) is 2.19. The quantitative estimate of drug-likeness (QED) is 0.814. The molecular formula is C12H16N2O4. The molecule has 18 heavy (non-hydrogen) atoms. The highest BCUT2D eigenvalue weighted by molar-refractivity contribution is 6.00. The Bertz CT molecular complexity index is 456. The first-order chi connectivity index (χ1) is 8.67. The zero-order chi connectivity index (χ0) is 13.1. The maximum absolute atomic E-state index is 12.2. The molecule has 0 atom stereocenters. The normalized spacial score (nSPS) is 14.7. The van der Waals surface area contributed by atoms with Gasteiger partial charge in [0.25, 0.3) is 5.91 Å². The molecule has 1 saturated heterocycles. The molecule has 1 fully saturated rings. The van der Waals surface area contributed by atoms with Gasteiger partial charge in [-0.3, -0.25) is 9.63 Å². The van der Waals surface area contributed by atoms with Crippen LogP contribution in [0.4, 0.5) is 5.69 Å². The second kappa shape index (κ2) is 5.14. The number of carbonyl (C=O) groups is 1. The van der Waals surface area contributed by atoms with Crippen LogP contribution in [-0.4, -0.2) is 38.3 Å². The highest BCUT2D eigenvalue weighted by Gasteiger charge is 2.24. The Balaban J connectivity index is 2.38. The Morgan fingerprint density at radius 1 is 1.39 bits per heavy atom. The molecule has 0 bridgehead atoms. The molecule has 6 heteroatoms. The van der Waals surface area contributed by atoms with Crippen LogP contribution in [0.3, 0.4) is 0 Å². The zero-order valence-corrected chi connectivity index (χ0v) is 10.4. The molecule has 0 saturated carbocycles. The third-order valence-electron chi connectivity index (χ3n) is 2.78. The van der Waals surface area contributed by atoms with E-state index in [1.165, 1.54) is 19.3 Å². The van der Waals surface area contributed by atoms with E-state index in [1.807, 2.05) is 0 Å².